The lowest BCUT2D eigenvalue weighted by Gasteiger charge is -2.15. The molecule has 13 heavy (non-hydrogen) atoms. The van der Waals surface area contributed by atoms with Crippen LogP contribution in [0.15, 0.2) is 0 Å². The summed E-state index contributed by atoms with van der Waals surface area (Å²) >= 11 is 0. The normalized spacial score (nSPS) is 17.3. The van der Waals surface area contributed by atoms with Gasteiger partial charge in [-0.25, -0.2) is 0 Å². The van der Waals surface area contributed by atoms with Crippen LogP contribution < -0.4 is 4.72 Å². The summed E-state index contributed by atoms with van der Waals surface area (Å²) in [6, 6.07) is 2.03. The molecular formula is C7H13N3O2S. The van der Waals surface area contributed by atoms with Crippen molar-refractivity contribution in [1.82, 2.24) is 9.03 Å². The fourth-order valence-electron chi connectivity index (χ4n) is 0.829. The Kier molecular flexibility index (Phi) is 3.25. The Hall–Kier alpha value is -0.640. The number of hydrogen-bond donors (Lipinski definition) is 1. The second kappa shape index (κ2) is 4.05. The Morgan fingerprint density at radius 2 is 2.23 bits per heavy atom. The minimum Gasteiger partial charge on any atom is -0.199 e. The van der Waals surface area contributed by atoms with Gasteiger partial charge in [0.15, 0.2) is 0 Å². The lowest BCUT2D eigenvalue weighted by atomic mass is 10.5. The molecule has 0 heterocycles. The molecule has 1 aliphatic rings. The van der Waals surface area contributed by atoms with Crippen molar-refractivity contribution in [3.8, 4) is 6.07 Å². The highest BCUT2D eigenvalue weighted by Gasteiger charge is 2.28. The molecule has 1 saturated carbocycles. The third-order valence-corrected chi connectivity index (χ3v) is 3.48. The minimum atomic E-state index is -3.34. The van der Waals surface area contributed by atoms with E-state index in [1.807, 2.05) is 6.07 Å². The molecule has 0 saturated heterocycles. The predicted molar refractivity (Wildman–Crippen MR) is 47.9 cm³/mol. The van der Waals surface area contributed by atoms with E-state index in [0.29, 0.717) is 0 Å². The van der Waals surface area contributed by atoms with Gasteiger partial charge in [-0.2, -0.15) is 22.7 Å². The number of hydrogen-bond acceptors (Lipinski definition) is 3. The van der Waals surface area contributed by atoms with Gasteiger partial charge < -0.3 is 0 Å². The van der Waals surface area contributed by atoms with Gasteiger partial charge in [0.1, 0.15) is 0 Å². The molecule has 0 radical (unpaired) electrons. The summed E-state index contributed by atoms with van der Waals surface area (Å²) in [5, 5.41) is 8.28. The Morgan fingerprint density at radius 3 is 2.69 bits per heavy atom. The Balaban J connectivity index is 2.42. The largest absolute Gasteiger partial charge is 0.279 e. The molecule has 6 heteroatoms. The molecule has 0 aromatic carbocycles. The topological polar surface area (TPSA) is 73.2 Å². The first-order chi connectivity index (χ1) is 6.06. The highest BCUT2D eigenvalue weighted by Crippen LogP contribution is 2.20. The number of nitrogens with one attached hydrogen (secondary N) is 1. The van der Waals surface area contributed by atoms with Gasteiger partial charge in [0.2, 0.25) is 0 Å². The Bertz CT molecular complexity index is 302. The first kappa shape index (κ1) is 10.4. The molecular weight excluding hydrogens is 190 g/mol. The van der Waals surface area contributed by atoms with Crippen LogP contribution in [0.4, 0.5) is 0 Å². The van der Waals surface area contributed by atoms with Gasteiger partial charge in [0, 0.05) is 26.1 Å². The zero-order valence-corrected chi connectivity index (χ0v) is 8.34. The molecule has 0 spiro atoms. The Morgan fingerprint density at radius 1 is 1.62 bits per heavy atom. The van der Waals surface area contributed by atoms with Crippen molar-refractivity contribution < 1.29 is 8.42 Å². The maximum Gasteiger partial charge on any atom is 0.279 e. The molecule has 0 bridgehead atoms. The zero-order chi connectivity index (χ0) is 9.90. The van der Waals surface area contributed by atoms with Gasteiger partial charge in [-0.05, 0) is 12.8 Å². The minimum absolute atomic E-state index is 0.120. The van der Waals surface area contributed by atoms with Gasteiger partial charge in [-0.15, -0.1) is 0 Å². The molecule has 0 atom stereocenters. The van der Waals surface area contributed by atoms with Crippen molar-refractivity contribution >= 4 is 10.2 Å². The zero-order valence-electron chi connectivity index (χ0n) is 7.52. The first-order valence-corrected chi connectivity index (χ1v) is 5.61. The summed E-state index contributed by atoms with van der Waals surface area (Å²) in [5.41, 5.74) is 0. The maximum atomic E-state index is 11.4. The fourth-order valence-corrected chi connectivity index (χ4v) is 2.00. The van der Waals surface area contributed by atoms with Crippen LogP contribution in [0.25, 0.3) is 0 Å². The summed E-state index contributed by atoms with van der Waals surface area (Å²) < 4.78 is 26.5. The van der Waals surface area contributed by atoms with Crippen LogP contribution in [0, 0.1) is 11.3 Å². The van der Waals surface area contributed by atoms with E-state index in [4.69, 9.17) is 5.26 Å². The molecule has 5 nitrogen and oxygen atoms in total. The molecule has 0 aromatic rings. The van der Waals surface area contributed by atoms with Gasteiger partial charge in [-0.1, -0.05) is 0 Å². The Labute approximate surface area is 78.5 Å². The van der Waals surface area contributed by atoms with Crippen molar-refractivity contribution in [1.29, 1.82) is 5.26 Å². The molecule has 1 N–H and O–H groups in total. The van der Waals surface area contributed by atoms with E-state index in [2.05, 4.69) is 4.72 Å². The molecule has 0 aromatic heterocycles. The predicted octanol–water partition coefficient (Wildman–Crippen LogP) is -0.171. The summed E-state index contributed by atoms with van der Waals surface area (Å²) in [5.74, 6) is 0. The van der Waals surface area contributed by atoms with Crippen LogP contribution in [-0.2, 0) is 10.2 Å². The van der Waals surface area contributed by atoms with E-state index >= 15 is 0 Å². The molecule has 1 fully saturated rings. The van der Waals surface area contributed by atoms with Crippen LogP contribution in [0.5, 0.6) is 0 Å². The van der Waals surface area contributed by atoms with Crippen LogP contribution in [0.2, 0.25) is 0 Å². The van der Waals surface area contributed by atoms with E-state index in [1.165, 1.54) is 11.4 Å². The SMILES string of the molecule is CN(CCC#N)S(=O)(=O)NC1CC1. The summed E-state index contributed by atoms with van der Waals surface area (Å²) in [6.07, 6.45) is 2.07. The van der Waals surface area contributed by atoms with Crippen molar-refractivity contribution in [2.24, 2.45) is 0 Å². The number of nitrogens with zero attached hydrogens (tertiary/aromatic N) is 2. The molecule has 1 aliphatic carbocycles. The summed E-state index contributed by atoms with van der Waals surface area (Å²) in [4.78, 5) is 0. The van der Waals surface area contributed by atoms with Crippen LogP contribution in [0.1, 0.15) is 19.3 Å². The van der Waals surface area contributed by atoms with E-state index in [9.17, 15) is 8.42 Å². The van der Waals surface area contributed by atoms with Gasteiger partial charge in [0.05, 0.1) is 6.07 Å². The average Bonchev–Trinajstić information content (AvgIpc) is 2.83. The lowest BCUT2D eigenvalue weighted by Crippen LogP contribution is -2.39. The molecule has 0 aliphatic heterocycles. The average molecular weight is 203 g/mol. The molecule has 0 unspecified atom stereocenters. The first-order valence-electron chi connectivity index (χ1n) is 4.17. The van der Waals surface area contributed by atoms with Crippen molar-refractivity contribution in [3.63, 3.8) is 0 Å². The molecule has 1 rings (SSSR count). The highest BCUT2D eigenvalue weighted by atomic mass is 32.2. The van der Waals surface area contributed by atoms with Crippen LogP contribution in [0.3, 0.4) is 0 Å². The van der Waals surface area contributed by atoms with Gasteiger partial charge >= 0.3 is 0 Å². The smallest absolute Gasteiger partial charge is 0.199 e. The van der Waals surface area contributed by atoms with E-state index < -0.39 is 10.2 Å². The van der Waals surface area contributed by atoms with E-state index in [-0.39, 0.29) is 19.0 Å². The second-order valence-electron chi connectivity index (χ2n) is 3.13. The highest BCUT2D eigenvalue weighted by molar-refractivity contribution is 7.87. The standard InChI is InChI=1S/C7H13N3O2S/c1-10(6-2-5-8)13(11,12)9-7-3-4-7/h7,9H,2-4,6H2,1H3. The van der Waals surface area contributed by atoms with Crippen molar-refractivity contribution in [2.45, 2.75) is 25.3 Å². The number of nitriles is 1. The van der Waals surface area contributed by atoms with E-state index in [1.54, 1.807) is 0 Å². The van der Waals surface area contributed by atoms with Gasteiger partial charge in [-0.3, -0.25) is 0 Å². The third-order valence-electron chi connectivity index (χ3n) is 1.84. The third kappa shape index (κ3) is 3.30. The quantitative estimate of drug-likeness (QED) is 0.674. The fraction of sp³-hybridized carbons (Fsp3) is 0.857. The lowest BCUT2D eigenvalue weighted by molar-refractivity contribution is 0.464. The van der Waals surface area contributed by atoms with Crippen molar-refractivity contribution in [2.75, 3.05) is 13.6 Å². The second-order valence-corrected chi connectivity index (χ2v) is 4.94. The van der Waals surface area contributed by atoms with Crippen LogP contribution in [-0.4, -0.2) is 32.4 Å². The monoisotopic (exact) mass is 203 g/mol. The van der Waals surface area contributed by atoms with E-state index in [0.717, 1.165) is 12.8 Å². The van der Waals surface area contributed by atoms with Crippen molar-refractivity contribution in [3.05, 3.63) is 0 Å². The maximum absolute atomic E-state index is 11.4. The summed E-state index contributed by atoms with van der Waals surface area (Å²) in [6.45, 7) is 0.249. The van der Waals surface area contributed by atoms with Gasteiger partial charge in [0.25, 0.3) is 10.2 Å². The van der Waals surface area contributed by atoms with Crippen LogP contribution >= 0.6 is 0 Å². The molecule has 74 valence electrons. The number of rotatable bonds is 5. The molecule has 0 amide bonds. The summed E-state index contributed by atoms with van der Waals surface area (Å²) in [7, 11) is -1.86.